The van der Waals surface area contributed by atoms with Crippen molar-refractivity contribution in [3.63, 3.8) is 0 Å². The standard InChI is InChI=1S/C20H17N3O3/c1-21-18(24)17-11-14-9-5-6-10-16(14)23(17)20(25)15-12-26-19(22-15)13-7-3-2-4-8-13/h2-10,12,17H,11H2,1H3,(H,21,24). The largest absolute Gasteiger partial charge is 0.444 e. The van der Waals surface area contributed by atoms with Crippen LogP contribution < -0.4 is 10.2 Å². The summed E-state index contributed by atoms with van der Waals surface area (Å²) in [5, 5.41) is 2.63. The number of carbonyl (C=O) groups excluding carboxylic acids is 2. The molecule has 6 nitrogen and oxygen atoms in total. The number of anilines is 1. The van der Waals surface area contributed by atoms with Gasteiger partial charge in [0.15, 0.2) is 5.69 Å². The first-order valence-electron chi connectivity index (χ1n) is 8.33. The summed E-state index contributed by atoms with van der Waals surface area (Å²) in [5.41, 5.74) is 2.65. The van der Waals surface area contributed by atoms with Gasteiger partial charge in [-0.05, 0) is 23.8 Å². The van der Waals surface area contributed by atoms with E-state index in [1.54, 1.807) is 7.05 Å². The van der Waals surface area contributed by atoms with Crippen LogP contribution in [0, 0.1) is 0 Å². The molecule has 0 aliphatic carbocycles. The zero-order valence-electron chi connectivity index (χ0n) is 14.2. The van der Waals surface area contributed by atoms with Crippen LogP contribution in [0.15, 0.2) is 65.3 Å². The molecule has 3 aromatic rings. The first-order valence-corrected chi connectivity index (χ1v) is 8.33. The Bertz CT molecular complexity index is 965. The number of nitrogens with one attached hydrogen (secondary N) is 1. The minimum absolute atomic E-state index is 0.175. The van der Waals surface area contributed by atoms with E-state index >= 15 is 0 Å². The van der Waals surface area contributed by atoms with E-state index in [-0.39, 0.29) is 17.5 Å². The lowest BCUT2D eigenvalue weighted by Gasteiger charge is -2.23. The van der Waals surface area contributed by atoms with Crippen LogP contribution in [0.1, 0.15) is 16.1 Å². The van der Waals surface area contributed by atoms with Gasteiger partial charge in [-0.3, -0.25) is 14.5 Å². The molecule has 2 aromatic carbocycles. The van der Waals surface area contributed by atoms with Gasteiger partial charge in [-0.25, -0.2) is 4.98 Å². The number of fused-ring (bicyclic) bond motifs is 1. The van der Waals surface area contributed by atoms with Gasteiger partial charge in [0.1, 0.15) is 12.3 Å². The fraction of sp³-hybridized carbons (Fsp3) is 0.150. The van der Waals surface area contributed by atoms with E-state index in [9.17, 15) is 9.59 Å². The highest BCUT2D eigenvalue weighted by Gasteiger charge is 2.39. The fourth-order valence-electron chi connectivity index (χ4n) is 3.22. The zero-order chi connectivity index (χ0) is 18.1. The second-order valence-electron chi connectivity index (χ2n) is 6.04. The first kappa shape index (κ1) is 16.1. The summed E-state index contributed by atoms with van der Waals surface area (Å²) < 4.78 is 5.48. The number of amides is 2. The maximum Gasteiger partial charge on any atom is 0.281 e. The van der Waals surface area contributed by atoms with Crippen molar-refractivity contribution >= 4 is 17.5 Å². The molecule has 0 saturated carbocycles. The topological polar surface area (TPSA) is 75.4 Å². The number of aromatic nitrogens is 1. The Balaban J connectivity index is 1.70. The highest BCUT2D eigenvalue weighted by molar-refractivity contribution is 6.10. The minimum atomic E-state index is -0.596. The summed E-state index contributed by atoms with van der Waals surface area (Å²) in [5.74, 6) is -0.186. The molecule has 1 N–H and O–H groups in total. The van der Waals surface area contributed by atoms with Crippen LogP contribution in [0.3, 0.4) is 0 Å². The summed E-state index contributed by atoms with van der Waals surface area (Å²) in [6, 6.07) is 16.3. The minimum Gasteiger partial charge on any atom is -0.444 e. The van der Waals surface area contributed by atoms with Crippen molar-refractivity contribution < 1.29 is 14.0 Å². The van der Waals surface area contributed by atoms with Crippen LogP contribution in [0.4, 0.5) is 5.69 Å². The molecular weight excluding hydrogens is 330 g/mol. The molecule has 4 rings (SSSR count). The van der Waals surface area contributed by atoms with Gasteiger partial charge in [0.05, 0.1) is 0 Å². The lowest BCUT2D eigenvalue weighted by atomic mass is 10.1. The van der Waals surface area contributed by atoms with Crippen molar-refractivity contribution in [2.75, 3.05) is 11.9 Å². The molecule has 1 aromatic heterocycles. The maximum atomic E-state index is 13.1. The second-order valence-corrected chi connectivity index (χ2v) is 6.04. The number of hydrogen-bond donors (Lipinski definition) is 1. The van der Waals surface area contributed by atoms with Crippen molar-refractivity contribution in [2.45, 2.75) is 12.5 Å². The van der Waals surface area contributed by atoms with Gasteiger partial charge in [-0.15, -0.1) is 0 Å². The molecule has 0 saturated heterocycles. The quantitative estimate of drug-likeness (QED) is 0.790. The number of likely N-dealkylation sites (N-methyl/N-ethyl adjacent to an activating group) is 1. The SMILES string of the molecule is CNC(=O)C1Cc2ccccc2N1C(=O)c1coc(-c2ccccc2)n1. The zero-order valence-corrected chi connectivity index (χ0v) is 14.2. The first-order chi connectivity index (χ1) is 12.7. The molecule has 0 fully saturated rings. The highest BCUT2D eigenvalue weighted by atomic mass is 16.3. The van der Waals surface area contributed by atoms with E-state index in [0.717, 1.165) is 16.8 Å². The lowest BCUT2D eigenvalue weighted by molar-refractivity contribution is -0.121. The van der Waals surface area contributed by atoms with Crippen molar-refractivity contribution in [3.05, 3.63) is 72.1 Å². The summed E-state index contributed by atoms with van der Waals surface area (Å²) in [6.07, 6.45) is 1.82. The average molecular weight is 347 g/mol. The van der Waals surface area contributed by atoms with Gasteiger partial charge in [0, 0.05) is 24.7 Å². The van der Waals surface area contributed by atoms with E-state index in [1.807, 2.05) is 54.6 Å². The van der Waals surface area contributed by atoms with E-state index in [4.69, 9.17) is 4.42 Å². The number of para-hydroxylation sites is 1. The third-order valence-electron chi connectivity index (χ3n) is 4.49. The highest BCUT2D eigenvalue weighted by Crippen LogP contribution is 2.33. The predicted molar refractivity (Wildman–Crippen MR) is 96.7 cm³/mol. The molecule has 6 heteroatoms. The maximum absolute atomic E-state index is 13.1. The summed E-state index contributed by atoms with van der Waals surface area (Å²) in [7, 11) is 1.57. The molecule has 2 heterocycles. The molecule has 1 aliphatic heterocycles. The lowest BCUT2D eigenvalue weighted by Crippen LogP contribution is -2.47. The summed E-state index contributed by atoms with van der Waals surface area (Å²) >= 11 is 0. The number of rotatable bonds is 3. The Kier molecular flexibility index (Phi) is 4.01. The Hall–Kier alpha value is -3.41. The molecule has 1 aliphatic rings. The van der Waals surface area contributed by atoms with Gasteiger partial charge in [0.25, 0.3) is 5.91 Å². The van der Waals surface area contributed by atoms with E-state index < -0.39 is 6.04 Å². The molecule has 26 heavy (non-hydrogen) atoms. The molecule has 1 atom stereocenters. The van der Waals surface area contributed by atoms with Gasteiger partial charge in [-0.1, -0.05) is 36.4 Å². The van der Waals surface area contributed by atoms with E-state index in [2.05, 4.69) is 10.3 Å². The van der Waals surface area contributed by atoms with Crippen molar-refractivity contribution in [1.82, 2.24) is 10.3 Å². The van der Waals surface area contributed by atoms with Gasteiger partial charge >= 0.3 is 0 Å². The number of hydrogen-bond acceptors (Lipinski definition) is 4. The molecule has 130 valence electrons. The smallest absolute Gasteiger partial charge is 0.281 e. The average Bonchev–Trinajstić information content (AvgIpc) is 3.32. The van der Waals surface area contributed by atoms with Crippen molar-refractivity contribution in [3.8, 4) is 11.5 Å². The van der Waals surface area contributed by atoms with Crippen LogP contribution >= 0.6 is 0 Å². The third-order valence-corrected chi connectivity index (χ3v) is 4.49. The van der Waals surface area contributed by atoms with E-state index in [1.165, 1.54) is 11.2 Å². The van der Waals surface area contributed by atoms with E-state index in [0.29, 0.717) is 12.3 Å². The summed E-state index contributed by atoms with van der Waals surface area (Å²) in [6.45, 7) is 0. The number of carbonyl (C=O) groups is 2. The normalized spacial score (nSPS) is 15.6. The van der Waals surface area contributed by atoms with Crippen LogP contribution in [-0.2, 0) is 11.2 Å². The fourth-order valence-corrected chi connectivity index (χ4v) is 3.22. The Labute approximate surface area is 150 Å². The summed E-state index contributed by atoms with van der Waals surface area (Å²) in [4.78, 5) is 31.2. The number of nitrogens with zero attached hydrogens (tertiary/aromatic N) is 2. The van der Waals surface area contributed by atoms with Crippen molar-refractivity contribution in [2.24, 2.45) is 0 Å². The Morgan fingerprint density at radius 1 is 1.12 bits per heavy atom. The van der Waals surface area contributed by atoms with Gasteiger partial charge < -0.3 is 9.73 Å². The molecule has 1 unspecified atom stereocenters. The number of oxazole rings is 1. The van der Waals surface area contributed by atoms with Crippen molar-refractivity contribution in [1.29, 1.82) is 0 Å². The van der Waals surface area contributed by atoms with Crippen LogP contribution in [0.2, 0.25) is 0 Å². The number of benzene rings is 2. The molecular formula is C20H17N3O3. The molecule has 0 spiro atoms. The predicted octanol–water partition coefficient (Wildman–Crippen LogP) is 2.66. The molecule has 0 radical (unpaired) electrons. The van der Waals surface area contributed by atoms with Crippen LogP contribution in [-0.4, -0.2) is 29.9 Å². The Morgan fingerprint density at radius 3 is 2.62 bits per heavy atom. The molecule has 2 amide bonds. The molecule has 0 bridgehead atoms. The third kappa shape index (κ3) is 2.65. The van der Waals surface area contributed by atoms with Crippen LogP contribution in [0.5, 0.6) is 0 Å². The Morgan fingerprint density at radius 2 is 1.85 bits per heavy atom. The van der Waals surface area contributed by atoms with Gasteiger partial charge in [0.2, 0.25) is 11.8 Å². The second kappa shape index (κ2) is 6.48. The monoisotopic (exact) mass is 347 g/mol. The van der Waals surface area contributed by atoms with Crippen LogP contribution in [0.25, 0.3) is 11.5 Å². The van der Waals surface area contributed by atoms with Gasteiger partial charge in [-0.2, -0.15) is 0 Å².